The van der Waals surface area contributed by atoms with Crippen molar-refractivity contribution in [2.75, 3.05) is 39.9 Å². The summed E-state index contributed by atoms with van der Waals surface area (Å²) in [6.07, 6.45) is 9.89. The molecule has 24 heavy (non-hydrogen) atoms. The fourth-order valence-corrected chi connectivity index (χ4v) is 4.41. The van der Waals surface area contributed by atoms with Gasteiger partial charge in [-0.05, 0) is 37.9 Å². The molecule has 1 aliphatic heterocycles. The second kappa shape index (κ2) is 8.41. The summed E-state index contributed by atoms with van der Waals surface area (Å²) in [6.45, 7) is 8.24. The van der Waals surface area contributed by atoms with Crippen LogP contribution >= 0.6 is 0 Å². The van der Waals surface area contributed by atoms with Crippen molar-refractivity contribution in [1.29, 1.82) is 0 Å². The summed E-state index contributed by atoms with van der Waals surface area (Å²) in [7, 11) is 2.26. The molecule has 1 aromatic heterocycles. The fourth-order valence-electron chi connectivity index (χ4n) is 4.41. The van der Waals surface area contributed by atoms with Crippen LogP contribution in [0, 0.1) is 0 Å². The molecule has 1 saturated heterocycles. The van der Waals surface area contributed by atoms with Crippen LogP contribution in [0.25, 0.3) is 0 Å². The molecule has 4 heteroatoms. The Morgan fingerprint density at radius 3 is 2.54 bits per heavy atom. The Labute approximate surface area is 147 Å². The Balaban J connectivity index is 1.64. The van der Waals surface area contributed by atoms with Crippen LogP contribution in [0.5, 0.6) is 0 Å². The van der Waals surface area contributed by atoms with E-state index in [1.54, 1.807) is 0 Å². The van der Waals surface area contributed by atoms with Crippen molar-refractivity contribution < 1.29 is 4.74 Å². The van der Waals surface area contributed by atoms with Crippen molar-refractivity contribution in [3.63, 3.8) is 0 Å². The van der Waals surface area contributed by atoms with E-state index in [1.807, 2.05) is 6.20 Å². The molecule has 2 heterocycles. The predicted octanol–water partition coefficient (Wildman–Crippen LogP) is 3.11. The molecule has 134 valence electrons. The first-order valence-electron chi connectivity index (χ1n) is 9.67. The molecule has 2 fully saturated rings. The Morgan fingerprint density at radius 2 is 1.92 bits per heavy atom. The molecular weight excluding hydrogens is 298 g/mol. The second-order valence-electron chi connectivity index (χ2n) is 7.57. The van der Waals surface area contributed by atoms with Gasteiger partial charge in [0.1, 0.15) is 0 Å². The van der Waals surface area contributed by atoms with Gasteiger partial charge in [0, 0.05) is 37.9 Å². The molecule has 2 aliphatic rings. The van der Waals surface area contributed by atoms with Crippen LogP contribution in [-0.2, 0) is 17.7 Å². The van der Waals surface area contributed by atoms with Crippen molar-refractivity contribution in [2.24, 2.45) is 0 Å². The minimum absolute atomic E-state index is 0.347. The second-order valence-corrected chi connectivity index (χ2v) is 7.57. The van der Waals surface area contributed by atoms with Crippen molar-refractivity contribution in [3.8, 4) is 0 Å². The van der Waals surface area contributed by atoms with Crippen LogP contribution in [0.1, 0.15) is 50.3 Å². The topological polar surface area (TPSA) is 28.6 Å². The van der Waals surface area contributed by atoms with Crippen LogP contribution in [-0.4, -0.2) is 60.2 Å². The van der Waals surface area contributed by atoms with Gasteiger partial charge in [0.15, 0.2) is 0 Å². The maximum Gasteiger partial charge on any atom is 0.0594 e. The fraction of sp³-hybridized carbons (Fsp3) is 0.750. The monoisotopic (exact) mass is 331 g/mol. The van der Waals surface area contributed by atoms with E-state index in [4.69, 9.17) is 4.74 Å². The van der Waals surface area contributed by atoms with E-state index in [0.29, 0.717) is 5.54 Å². The molecular formula is C20H33N3O. The van der Waals surface area contributed by atoms with E-state index in [0.717, 1.165) is 45.8 Å². The average Bonchev–Trinajstić information content (AvgIpc) is 2.64. The summed E-state index contributed by atoms with van der Waals surface area (Å²) < 4.78 is 5.59. The van der Waals surface area contributed by atoms with E-state index in [-0.39, 0.29) is 0 Å². The van der Waals surface area contributed by atoms with Gasteiger partial charge in [-0.25, -0.2) is 0 Å². The van der Waals surface area contributed by atoms with Crippen molar-refractivity contribution >= 4 is 0 Å². The molecule has 3 rings (SSSR count). The zero-order valence-corrected chi connectivity index (χ0v) is 15.5. The Morgan fingerprint density at radius 1 is 1.17 bits per heavy atom. The van der Waals surface area contributed by atoms with Crippen molar-refractivity contribution in [2.45, 2.75) is 57.5 Å². The van der Waals surface area contributed by atoms with Gasteiger partial charge in [0.2, 0.25) is 0 Å². The highest BCUT2D eigenvalue weighted by Gasteiger charge is 2.39. The molecule has 0 bridgehead atoms. The van der Waals surface area contributed by atoms with E-state index in [1.165, 1.54) is 43.4 Å². The van der Waals surface area contributed by atoms with Gasteiger partial charge in [-0.2, -0.15) is 0 Å². The number of hydrogen-bond acceptors (Lipinski definition) is 4. The minimum Gasteiger partial charge on any atom is -0.379 e. The van der Waals surface area contributed by atoms with Gasteiger partial charge in [-0.1, -0.05) is 32.3 Å². The Hall–Kier alpha value is -0.970. The first-order chi connectivity index (χ1) is 11.7. The summed E-state index contributed by atoms with van der Waals surface area (Å²) in [5.41, 5.74) is 2.85. The molecule has 4 nitrogen and oxygen atoms in total. The zero-order chi connectivity index (χ0) is 16.8. The van der Waals surface area contributed by atoms with Crippen LogP contribution in [0.15, 0.2) is 18.3 Å². The number of pyridine rings is 1. The standard InChI is InChI=1S/C20H33N3O/c1-3-18-7-8-19(21-15-18)16-22(2)17-20(9-5-4-6-10-20)23-11-13-24-14-12-23/h7-8,15H,3-6,9-14,16-17H2,1-2H3. The van der Waals surface area contributed by atoms with Crippen molar-refractivity contribution in [3.05, 3.63) is 29.6 Å². The highest BCUT2D eigenvalue weighted by atomic mass is 16.5. The smallest absolute Gasteiger partial charge is 0.0594 e. The third-order valence-corrected chi connectivity index (χ3v) is 5.76. The number of hydrogen-bond donors (Lipinski definition) is 0. The summed E-state index contributed by atoms with van der Waals surface area (Å²) in [6, 6.07) is 4.41. The molecule has 0 aromatic carbocycles. The lowest BCUT2D eigenvalue weighted by molar-refractivity contribution is -0.0492. The number of aromatic nitrogens is 1. The highest BCUT2D eigenvalue weighted by Crippen LogP contribution is 2.35. The van der Waals surface area contributed by atoms with Gasteiger partial charge in [-0.15, -0.1) is 0 Å². The minimum atomic E-state index is 0.347. The first kappa shape index (κ1) is 17.8. The number of aryl methyl sites for hydroxylation is 1. The summed E-state index contributed by atoms with van der Waals surface area (Å²) in [4.78, 5) is 9.85. The molecule has 1 aliphatic carbocycles. The van der Waals surface area contributed by atoms with Crippen LogP contribution in [0.4, 0.5) is 0 Å². The number of nitrogens with zero attached hydrogens (tertiary/aromatic N) is 3. The summed E-state index contributed by atoms with van der Waals surface area (Å²) in [5, 5.41) is 0. The first-order valence-corrected chi connectivity index (χ1v) is 9.67. The largest absolute Gasteiger partial charge is 0.379 e. The average molecular weight is 332 g/mol. The van der Waals surface area contributed by atoms with E-state index in [9.17, 15) is 0 Å². The lowest BCUT2D eigenvalue weighted by Gasteiger charge is -2.49. The molecule has 0 radical (unpaired) electrons. The SMILES string of the molecule is CCc1ccc(CN(C)CC2(N3CCOCC3)CCCCC2)nc1. The Bertz CT molecular complexity index is 490. The van der Waals surface area contributed by atoms with Gasteiger partial charge >= 0.3 is 0 Å². The lowest BCUT2D eigenvalue weighted by Crippen LogP contribution is -2.59. The molecule has 0 unspecified atom stereocenters. The normalized spacial score (nSPS) is 22.0. The molecule has 1 aromatic rings. The predicted molar refractivity (Wildman–Crippen MR) is 98.2 cm³/mol. The van der Waals surface area contributed by atoms with Gasteiger partial charge in [0.25, 0.3) is 0 Å². The third-order valence-electron chi connectivity index (χ3n) is 5.76. The maximum atomic E-state index is 5.59. The van der Waals surface area contributed by atoms with Crippen LogP contribution < -0.4 is 0 Å². The molecule has 0 atom stereocenters. The molecule has 0 spiro atoms. The highest BCUT2D eigenvalue weighted by molar-refractivity contribution is 5.14. The molecule has 1 saturated carbocycles. The van der Waals surface area contributed by atoms with E-state index in [2.05, 4.69) is 40.9 Å². The molecule has 0 amide bonds. The van der Waals surface area contributed by atoms with Crippen molar-refractivity contribution in [1.82, 2.24) is 14.8 Å². The van der Waals surface area contributed by atoms with Crippen LogP contribution in [0.3, 0.4) is 0 Å². The number of morpholine rings is 1. The van der Waals surface area contributed by atoms with Crippen LogP contribution in [0.2, 0.25) is 0 Å². The summed E-state index contributed by atoms with van der Waals surface area (Å²) in [5.74, 6) is 0. The van der Waals surface area contributed by atoms with Gasteiger partial charge in [0.05, 0.1) is 18.9 Å². The Kier molecular flexibility index (Phi) is 6.25. The third kappa shape index (κ3) is 4.35. The number of rotatable bonds is 6. The van der Waals surface area contributed by atoms with E-state index >= 15 is 0 Å². The lowest BCUT2D eigenvalue weighted by atomic mass is 9.79. The number of ether oxygens (including phenoxy) is 1. The quantitative estimate of drug-likeness (QED) is 0.801. The number of likely N-dealkylation sites (N-methyl/N-ethyl adjacent to an activating group) is 1. The van der Waals surface area contributed by atoms with Gasteiger partial charge in [-0.3, -0.25) is 14.8 Å². The molecule has 0 N–H and O–H groups in total. The zero-order valence-electron chi connectivity index (χ0n) is 15.5. The summed E-state index contributed by atoms with van der Waals surface area (Å²) >= 11 is 0. The van der Waals surface area contributed by atoms with E-state index < -0.39 is 0 Å². The van der Waals surface area contributed by atoms with Gasteiger partial charge < -0.3 is 4.74 Å². The maximum absolute atomic E-state index is 5.59.